The largest absolute Gasteiger partial charge is 0.469 e. The number of hydrogen-bond donors (Lipinski definition) is 0. The monoisotopic (exact) mass is 304 g/mol. The van der Waals surface area contributed by atoms with Crippen LogP contribution in [0.4, 0.5) is 0 Å². The molecule has 0 saturated heterocycles. The molecule has 122 valence electrons. The zero-order valence-electron chi connectivity index (χ0n) is 14.3. The summed E-state index contributed by atoms with van der Waals surface area (Å²) in [5, 5.41) is 0. The Morgan fingerprint density at radius 1 is 1.32 bits per heavy atom. The first-order chi connectivity index (χ1) is 10.3. The highest BCUT2D eigenvalue weighted by Gasteiger charge is 2.57. The van der Waals surface area contributed by atoms with E-state index >= 15 is 0 Å². The van der Waals surface area contributed by atoms with Crippen molar-refractivity contribution in [3.63, 3.8) is 0 Å². The van der Waals surface area contributed by atoms with Crippen molar-refractivity contribution in [2.24, 2.45) is 22.7 Å². The third-order valence-electron chi connectivity index (χ3n) is 6.06. The van der Waals surface area contributed by atoms with Gasteiger partial charge in [0, 0.05) is 5.92 Å². The summed E-state index contributed by atoms with van der Waals surface area (Å²) in [5.74, 6) is 0.406. The molecule has 0 aliphatic heterocycles. The van der Waals surface area contributed by atoms with E-state index in [2.05, 4.69) is 20.4 Å². The van der Waals surface area contributed by atoms with E-state index in [0.29, 0.717) is 0 Å². The topological polar surface area (TPSA) is 43.4 Å². The lowest BCUT2D eigenvalue weighted by molar-refractivity contribution is -0.166. The third-order valence-corrected chi connectivity index (χ3v) is 6.06. The van der Waals surface area contributed by atoms with Gasteiger partial charge in [-0.05, 0) is 56.9 Å². The molecular formula is C19H28O3. The molecule has 0 aromatic rings. The van der Waals surface area contributed by atoms with Crippen molar-refractivity contribution in [1.29, 1.82) is 0 Å². The number of rotatable bonds is 3. The van der Waals surface area contributed by atoms with Crippen molar-refractivity contribution in [3.8, 4) is 0 Å². The van der Waals surface area contributed by atoms with E-state index in [1.807, 2.05) is 6.08 Å². The average Bonchev–Trinajstić information content (AvgIpc) is 2.44. The second kappa shape index (κ2) is 6.02. The Kier molecular flexibility index (Phi) is 4.65. The Hall–Kier alpha value is -1.38. The summed E-state index contributed by atoms with van der Waals surface area (Å²) in [6.45, 7) is 10.1. The molecule has 2 fully saturated rings. The van der Waals surface area contributed by atoms with Crippen LogP contribution in [0.2, 0.25) is 0 Å². The predicted octanol–water partition coefficient (Wildman–Crippen LogP) is 4.08. The van der Waals surface area contributed by atoms with E-state index in [1.165, 1.54) is 12.7 Å². The van der Waals surface area contributed by atoms with Crippen LogP contribution in [0.3, 0.4) is 0 Å². The summed E-state index contributed by atoms with van der Waals surface area (Å²) >= 11 is 0. The molecule has 0 radical (unpaired) electrons. The Morgan fingerprint density at radius 3 is 2.59 bits per heavy atom. The van der Waals surface area contributed by atoms with Crippen molar-refractivity contribution < 1.29 is 14.3 Å². The molecule has 22 heavy (non-hydrogen) atoms. The van der Waals surface area contributed by atoms with Gasteiger partial charge in [0.15, 0.2) is 5.78 Å². The number of fused-ring (bicyclic) bond motifs is 1. The summed E-state index contributed by atoms with van der Waals surface area (Å²) < 4.78 is 5.11. The van der Waals surface area contributed by atoms with E-state index in [4.69, 9.17) is 4.74 Å². The van der Waals surface area contributed by atoms with E-state index in [1.54, 1.807) is 13.0 Å². The fourth-order valence-corrected chi connectivity index (χ4v) is 4.95. The number of hydrogen-bond acceptors (Lipinski definition) is 3. The molecule has 0 unspecified atom stereocenters. The van der Waals surface area contributed by atoms with E-state index < -0.39 is 5.41 Å². The van der Waals surface area contributed by atoms with Crippen LogP contribution in [0.5, 0.6) is 0 Å². The van der Waals surface area contributed by atoms with Gasteiger partial charge in [0.25, 0.3) is 0 Å². The molecule has 0 aromatic heterocycles. The lowest BCUT2D eigenvalue weighted by Gasteiger charge is -2.56. The zero-order chi connectivity index (χ0) is 16.5. The third kappa shape index (κ3) is 2.66. The second-order valence-corrected chi connectivity index (χ2v) is 7.47. The van der Waals surface area contributed by atoms with Gasteiger partial charge in [0.05, 0.1) is 12.5 Å². The maximum absolute atomic E-state index is 12.4. The lowest BCUT2D eigenvalue weighted by Crippen LogP contribution is -2.53. The molecule has 2 saturated carbocycles. The smallest absolute Gasteiger partial charge is 0.311 e. The number of carbonyl (C=O) groups excluding carboxylic acids is 2. The average molecular weight is 304 g/mol. The molecule has 0 amide bonds. The highest BCUT2D eigenvalue weighted by Crippen LogP contribution is 2.61. The van der Waals surface area contributed by atoms with Crippen molar-refractivity contribution in [2.45, 2.75) is 52.9 Å². The van der Waals surface area contributed by atoms with Crippen LogP contribution in [-0.4, -0.2) is 18.9 Å². The van der Waals surface area contributed by atoms with Gasteiger partial charge in [0.1, 0.15) is 0 Å². The normalized spacial score (nSPS) is 38.6. The highest BCUT2D eigenvalue weighted by atomic mass is 16.5. The Morgan fingerprint density at radius 2 is 2.00 bits per heavy atom. The summed E-state index contributed by atoms with van der Waals surface area (Å²) in [7, 11) is 1.48. The molecule has 0 bridgehead atoms. The van der Waals surface area contributed by atoms with Crippen LogP contribution < -0.4 is 0 Å². The Labute approximate surface area is 133 Å². The number of ketones is 1. The fourth-order valence-electron chi connectivity index (χ4n) is 4.95. The van der Waals surface area contributed by atoms with Gasteiger partial charge in [-0.15, -0.1) is 0 Å². The molecule has 0 spiro atoms. The first kappa shape index (κ1) is 17.0. The summed E-state index contributed by atoms with van der Waals surface area (Å²) in [6.07, 6.45) is 8.53. The molecule has 2 aliphatic carbocycles. The molecule has 2 rings (SSSR count). The van der Waals surface area contributed by atoms with E-state index in [-0.39, 0.29) is 29.0 Å². The molecule has 0 heterocycles. The predicted molar refractivity (Wildman–Crippen MR) is 87.3 cm³/mol. The van der Waals surface area contributed by atoms with Crippen LogP contribution >= 0.6 is 0 Å². The number of allylic oxidation sites excluding steroid dienone is 3. The molecule has 0 aromatic carbocycles. The molecular weight excluding hydrogens is 276 g/mol. The fraction of sp³-hybridized carbons (Fsp3) is 0.684. The highest BCUT2D eigenvalue weighted by molar-refractivity contribution is 5.87. The van der Waals surface area contributed by atoms with Gasteiger partial charge in [-0.3, -0.25) is 9.59 Å². The van der Waals surface area contributed by atoms with Gasteiger partial charge >= 0.3 is 5.97 Å². The van der Waals surface area contributed by atoms with Crippen molar-refractivity contribution in [3.05, 3.63) is 24.3 Å². The van der Waals surface area contributed by atoms with Gasteiger partial charge in [-0.1, -0.05) is 31.6 Å². The van der Waals surface area contributed by atoms with E-state index in [0.717, 1.165) is 32.1 Å². The van der Waals surface area contributed by atoms with Gasteiger partial charge in [-0.2, -0.15) is 0 Å². The minimum atomic E-state index is -0.426. The van der Waals surface area contributed by atoms with Crippen LogP contribution in [0.15, 0.2) is 24.3 Å². The molecule has 3 heteroatoms. The first-order valence-electron chi connectivity index (χ1n) is 8.20. The van der Waals surface area contributed by atoms with Crippen molar-refractivity contribution >= 4 is 11.8 Å². The lowest BCUT2D eigenvalue weighted by atomic mass is 9.47. The molecule has 0 N–H and O–H groups in total. The van der Waals surface area contributed by atoms with Crippen molar-refractivity contribution in [2.75, 3.05) is 7.11 Å². The standard InChI is InChI=1S/C19H28O3/c1-13-7-10-16-18(3,15(13)9-8-14(2)20)11-6-12-19(16,4)17(21)22-5/h8-9,15-16H,1,6-7,10-12H2,2-5H3/b9-8+/t15-,16+,18+,19-/m0/s1. The zero-order valence-corrected chi connectivity index (χ0v) is 14.3. The first-order valence-corrected chi connectivity index (χ1v) is 8.20. The van der Waals surface area contributed by atoms with Crippen LogP contribution in [-0.2, 0) is 14.3 Å². The Balaban J connectivity index is 2.41. The minimum Gasteiger partial charge on any atom is -0.469 e. The summed E-state index contributed by atoms with van der Waals surface area (Å²) in [4.78, 5) is 23.8. The number of ether oxygens (including phenoxy) is 1. The van der Waals surface area contributed by atoms with Gasteiger partial charge in [0.2, 0.25) is 0 Å². The molecule has 2 aliphatic rings. The Bertz CT molecular complexity index is 519. The number of carbonyl (C=O) groups is 2. The minimum absolute atomic E-state index is 0.0253. The SMILES string of the molecule is C=C1CC[C@@H]2[C@](C)(CCC[C@]2(C)C(=O)OC)[C@H]1/C=C/C(C)=O. The molecule has 4 atom stereocenters. The van der Waals surface area contributed by atoms with Crippen molar-refractivity contribution in [1.82, 2.24) is 0 Å². The van der Waals surface area contributed by atoms with Crippen LogP contribution in [0.1, 0.15) is 52.9 Å². The molecule has 3 nitrogen and oxygen atoms in total. The van der Waals surface area contributed by atoms with Crippen LogP contribution in [0.25, 0.3) is 0 Å². The van der Waals surface area contributed by atoms with Gasteiger partial charge in [-0.25, -0.2) is 0 Å². The maximum atomic E-state index is 12.4. The van der Waals surface area contributed by atoms with E-state index in [9.17, 15) is 9.59 Å². The van der Waals surface area contributed by atoms with Gasteiger partial charge < -0.3 is 4.74 Å². The summed E-state index contributed by atoms with van der Waals surface area (Å²) in [5.41, 5.74) is 0.734. The quantitative estimate of drug-likeness (QED) is 0.448. The second-order valence-electron chi connectivity index (χ2n) is 7.47. The van der Waals surface area contributed by atoms with Crippen LogP contribution in [0, 0.1) is 22.7 Å². The number of methoxy groups -OCH3 is 1. The number of esters is 1. The summed E-state index contributed by atoms with van der Waals surface area (Å²) in [6, 6.07) is 0. The maximum Gasteiger partial charge on any atom is 0.311 e.